The molecule has 0 spiro atoms. The molecule has 2 aromatic carbocycles. The fourth-order valence-electron chi connectivity index (χ4n) is 2.53. The van der Waals surface area contributed by atoms with Crippen LogP contribution in [0.3, 0.4) is 0 Å². The Bertz CT molecular complexity index is 732. The number of rotatable bonds is 4. The summed E-state index contributed by atoms with van der Waals surface area (Å²) in [6, 6.07) is 19.7. The molecular weight excluding hydrogens is 284 g/mol. The van der Waals surface area contributed by atoms with E-state index in [0.29, 0.717) is 5.92 Å². The van der Waals surface area contributed by atoms with Crippen LogP contribution in [-0.4, -0.2) is 0 Å². The van der Waals surface area contributed by atoms with E-state index in [1.54, 1.807) is 11.3 Å². The van der Waals surface area contributed by atoms with Crippen LogP contribution in [-0.2, 0) is 0 Å². The highest BCUT2D eigenvalue weighted by Gasteiger charge is 2.11. The van der Waals surface area contributed by atoms with Crippen molar-refractivity contribution in [1.29, 1.82) is 0 Å². The molecular formula is C21H20S. The minimum Gasteiger partial charge on any atom is -0.152 e. The molecule has 110 valence electrons. The van der Waals surface area contributed by atoms with Gasteiger partial charge in [0.15, 0.2) is 0 Å². The van der Waals surface area contributed by atoms with Crippen molar-refractivity contribution >= 4 is 17.4 Å². The Balaban J connectivity index is 1.92. The van der Waals surface area contributed by atoms with E-state index in [9.17, 15) is 0 Å². The summed E-state index contributed by atoms with van der Waals surface area (Å²) < 4.78 is 0. The Hall–Kier alpha value is -2.12. The summed E-state index contributed by atoms with van der Waals surface area (Å²) in [5.41, 5.74) is 6.54. The molecule has 0 aliphatic rings. The smallest absolute Gasteiger partial charge is 0.0281 e. The molecule has 0 bridgehead atoms. The van der Waals surface area contributed by atoms with Crippen molar-refractivity contribution in [3.8, 4) is 0 Å². The van der Waals surface area contributed by atoms with Crippen LogP contribution in [0.4, 0.5) is 0 Å². The SMILES string of the molecule is Cc1ccc(/C=C/C(c2ccc(C)cc2)c2ccsc2)cc1. The van der Waals surface area contributed by atoms with Gasteiger partial charge in [-0.3, -0.25) is 0 Å². The highest BCUT2D eigenvalue weighted by Crippen LogP contribution is 2.28. The van der Waals surface area contributed by atoms with Crippen molar-refractivity contribution in [3.63, 3.8) is 0 Å². The molecule has 0 nitrogen and oxygen atoms in total. The molecule has 22 heavy (non-hydrogen) atoms. The topological polar surface area (TPSA) is 0 Å². The first kappa shape index (κ1) is 14.8. The van der Waals surface area contributed by atoms with Crippen LogP contribution in [0.15, 0.2) is 71.4 Å². The van der Waals surface area contributed by atoms with Gasteiger partial charge in [-0.1, -0.05) is 71.8 Å². The van der Waals surface area contributed by atoms with Crippen LogP contribution < -0.4 is 0 Å². The first-order valence-corrected chi connectivity index (χ1v) is 8.50. The molecule has 1 heteroatoms. The van der Waals surface area contributed by atoms with Gasteiger partial charge in [0.2, 0.25) is 0 Å². The van der Waals surface area contributed by atoms with E-state index in [0.717, 1.165) is 0 Å². The maximum atomic E-state index is 2.30. The van der Waals surface area contributed by atoms with Gasteiger partial charge in [-0.15, -0.1) is 0 Å². The van der Waals surface area contributed by atoms with E-state index in [1.807, 2.05) is 0 Å². The van der Waals surface area contributed by atoms with Crippen LogP contribution in [0.2, 0.25) is 0 Å². The zero-order valence-corrected chi connectivity index (χ0v) is 13.8. The molecule has 3 aromatic rings. The van der Waals surface area contributed by atoms with Crippen LogP contribution in [0.25, 0.3) is 6.08 Å². The van der Waals surface area contributed by atoms with E-state index in [1.165, 1.54) is 27.8 Å². The van der Waals surface area contributed by atoms with Gasteiger partial charge in [-0.25, -0.2) is 0 Å². The number of benzene rings is 2. The highest BCUT2D eigenvalue weighted by molar-refractivity contribution is 7.08. The molecule has 0 N–H and O–H groups in total. The third-order valence-electron chi connectivity index (χ3n) is 3.90. The van der Waals surface area contributed by atoms with E-state index in [4.69, 9.17) is 0 Å². The zero-order valence-electron chi connectivity index (χ0n) is 13.0. The molecule has 0 saturated heterocycles. The number of hydrogen-bond donors (Lipinski definition) is 0. The molecule has 1 unspecified atom stereocenters. The molecule has 0 fully saturated rings. The molecule has 1 heterocycles. The normalized spacial score (nSPS) is 12.6. The fraction of sp³-hybridized carbons (Fsp3) is 0.143. The van der Waals surface area contributed by atoms with E-state index in [2.05, 4.69) is 91.4 Å². The summed E-state index contributed by atoms with van der Waals surface area (Å²) in [4.78, 5) is 0. The molecule has 3 rings (SSSR count). The van der Waals surface area contributed by atoms with Crippen molar-refractivity contribution in [3.05, 3.63) is 99.3 Å². The van der Waals surface area contributed by atoms with Crippen molar-refractivity contribution in [2.24, 2.45) is 0 Å². The second kappa shape index (κ2) is 6.76. The Morgan fingerprint density at radius 1 is 0.773 bits per heavy atom. The second-order valence-corrected chi connectivity index (χ2v) is 6.49. The Morgan fingerprint density at radius 2 is 1.41 bits per heavy atom. The summed E-state index contributed by atoms with van der Waals surface area (Å²) in [6.45, 7) is 4.25. The summed E-state index contributed by atoms with van der Waals surface area (Å²) in [6.07, 6.45) is 4.53. The minimum atomic E-state index is 0.313. The fourth-order valence-corrected chi connectivity index (χ4v) is 3.22. The molecule has 0 aliphatic heterocycles. The molecule has 0 saturated carbocycles. The van der Waals surface area contributed by atoms with Gasteiger partial charge in [0.1, 0.15) is 0 Å². The van der Waals surface area contributed by atoms with Crippen molar-refractivity contribution in [2.45, 2.75) is 19.8 Å². The maximum absolute atomic E-state index is 2.30. The third-order valence-corrected chi connectivity index (χ3v) is 4.60. The van der Waals surface area contributed by atoms with Crippen molar-refractivity contribution in [1.82, 2.24) is 0 Å². The summed E-state index contributed by atoms with van der Waals surface area (Å²) in [7, 11) is 0. The lowest BCUT2D eigenvalue weighted by Crippen LogP contribution is -1.96. The largest absolute Gasteiger partial charge is 0.152 e. The Kier molecular flexibility index (Phi) is 4.55. The highest BCUT2D eigenvalue weighted by atomic mass is 32.1. The van der Waals surface area contributed by atoms with Gasteiger partial charge in [0, 0.05) is 5.92 Å². The second-order valence-electron chi connectivity index (χ2n) is 5.71. The quantitative estimate of drug-likeness (QED) is 0.537. The standard InChI is InChI=1S/C21H20S/c1-16-3-7-18(8-4-16)9-12-21(20-13-14-22-15-20)19-10-5-17(2)6-11-19/h3-15,21H,1-2H3/b12-9+. The predicted octanol–water partition coefficient (Wildman–Crippen LogP) is 6.21. The molecule has 0 aliphatic carbocycles. The summed E-state index contributed by atoms with van der Waals surface area (Å²) >= 11 is 1.76. The van der Waals surface area contributed by atoms with E-state index < -0.39 is 0 Å². The Labute approximate surface area is 136 Å². The van der Waals surface area contributed by atoms with Crippen LogP contribution in [0, 0.1) is 13.8 Å². The van der Waals surface area contributed by atoms with Gasteiger partial charge in [0.25, 0.3) is 0 Å². The van der Waals surface area contributed by atoms with Crippen LogP contribution >= 0.6 is 11.3 Å². The number of allylic oxidation sites excluding steroid dienone is 1. The average molecular weight is 304 g/mol. The summed E-state index contributed by atoms with van der Waals surface area (Å²) in [5, 5.41) is 4.39. The zero-order chi connectivity index (χ0) is 15.4. The first-order valence-electron chi connectivity index (χ1n) is 7.56. The third kappa shape index (κ3) is 3.55. The first-order chi connectivity index (χ1) is 10.7. The van der Waals surface area contributed by atoms with Gasteiger partial charge in [-0.2, -0.15) is 11.3 Å². The lowest BCUT2D eigenvalue weighted by atomic mass is 9.92. The monoisotopic (exact) mass is 304 g/mol. The molecule has 1 aromatic heterocycles. The molecule has 0 amide bonds. The van der Waals surface area contributed by atoms with Gasteiger partial charge < -0.3 is 0 Å². The minimum absolute atomic E-state index is 0.313. The lowest BCUT2D eigenvalue weighted by molar-refractivity contribution is 1.04. The Morgan fingerprint density at radius 3 is 2.00 bits per heavy atom. The molecule has 1 atom stereocenters. The average Bonchev–Trinajstić information content (AvgIpc) is 3.05. The van der Waals surface area contributed by atoms with E-state index in [-0.39, 0.29) is 0 Å². The van der Waals surface area contributed by atoms with E-state index >= 15 is 0 Å². The number of hydrogen-bond acceptors (Lipinski definition) is 1. The van der Waals surface area contributed by atoms with Crippen molar-refractivity contribution in [2.75, 3.05) is 0 Å². The van der Waals surface area contributed by atoms with Crippen LogP contribution in [0.5, 0.6) is 0 Å². The summed E-state index contributed by atoms with van der Waals surface area (Å²) in [5.74, 6) is 0.313. The van der Waals surface area contributed by atoms with Crippen LogP contribution in [0.1, 0.15) is 33.7 Å². The lowest BCUT2D eigenvalue weighted by Gasteiger charge is -2.12. The number of thiophene rings is 1. The maximum Gasteiger partial charge on any atom is 0.0281 e. The van der Waals surface area contributed by atoms with Crippen molar-refractivity contribution < 1.29 is 0 Å². The molecule has 0 radical (unpaired) electrons. The van der Waals surface area contributed by atoms with Gasteiger partial charge >= 0.3 is 0 Å². The predicted molar refractivity (Wildman–Crippen MR) is 97.6 cm³/mol. The van der Waals surface area contributed by atoms with Gasteiger partial charge in [0.05, 0.1) is 0 Å². The number of aryl methyl sites for hydroxylation is 2. The van der Waals surface area contributed by atoms with Gasteiger partial charge in [-0.05, 0) is 47.4 Å².